The van der Waals surface area contributed by atoms with E-state index in [1.165, 1.54) is 11.3 Å². The maximum Gasteiger partial charge on any atom is 0.136 e. The molecule has 126 valence electrons. The van der Waals surface area contributed by atoms with Crippen LogP contribution in [0.1, 0.15) is 28.5 Å². The molecule has 0 radical (unpaired) electrons. The Balaban J connectivity index is 1.69. The number of fused-ring (bicyclic) bond motifs is 1. The quantitative estimate of drug-likeness (QED) is 0.761. The van der Waals surface area contributed by atoms with Gasteiger partial charge in [0.1, 0.15) is 18.0 Å². The molecule has 6 heteroatoms. The lowest BCUT2D eigenvalue weighted by molar-refractivity contribution is 0.118. The number of hydrogen-bond donors (Lipinski definition) is 2. The number of H-pyrrole nitrogens is 1. The summed E-state index contributed by atoms with van der Waals surface area (Å²) in [6.07, 6.45) is 7.18. The van der Waals surface area contributed by atoms with Crippen molar-refractivity contribution in [3.05, 3.63) is 70.3 Å². The smallest absolute Gasteiger partial charge is 0.136 e. The molecule has 2 N–H and O–H groups in total. The first kappa shape index (κ1) is 14.9. The molecule has 1 saturated heterocycles. The Hall–Kier alpha value is -2.44. The van der Waals surface area contributed by atoms with Gasteiger partial charge in [-0.15, -0.1) is 11.3 Å². The van der Waals surface area contributed by atoms with Crippen molar-refractivity contribution in [2.45, 2.75) is 18.6 Å². The summed E-state index contributed by atoms with van der Waals surface area (Å²) >= 11 is 1.77. The fourth-order valence-corrected chi connectivity index (χ4v) is 4.29. The van der Waals surface area contributed by atoms with Crippen molar-refractivity contribution in [3.63, 3.8) is 0 Å². The van der Waals surface area contributed by atoms with Crippen LogP contribution in [-0.2, 0) is 0 Å². The molecule has 0 amide bonds. The lowest BCUT2D eigenvalue weighted by atomic mass is 10.1. The molecule has 0 aliphatic carbocycles. The van der Waals surface area contributed by atoms with E-state index in [1.54, 1.807) is 11.3 Å². The fourth-order valence-electron chi connectivity index (χ4n) is 3.50. The zero-order valence-electron chi connectivity index (χ0n) is 13.7. The summed E-state index contributed by atoms with van der Waals surface area (Å²) in [5.41, 5.74) is 3.16. The monoisotopic (exact) mass is 349 g/mol. The van der Waals surface area contributed by atoms with Crippen molar-refractivity contribution in [2.24, 2.45) is 4.99 Å². The lowest BCUT2D eigenvalue weighted by Crippen LogP contribution is -2.51. The molecule has 0 bridgehead atoms. The van der Waals surface area contributed by atoms with Crippen molar-refractivity contribution in [2.75, 3.05) is 18.4 Å². The zero-order valence-corrected chi connectivity index (χ0v) is 14.5. The normalized spacial score (nSPS) is 23.1. The number of pyridine rings is 1. The highest BCUT2D eigenvalue weighted by Crippen LogP contribution is 2.36. The van der Waals surface area contributed by atoms with Gasteiger partial charge in [-0.05, 0) is 36.1 Å². The van der Waals surface area contributed by atoms with Crippen LogP contribution < -0.4 is 5.32 Å². The van der Waals surface area contributed by atoms with E-state index in [0.717, 1.165) is 35.7 Å². The predicted molar refractivity (Wildman–Crippen MR) is 101 cm³/mol. The van der Waals surface area contributed by atoms with Crippen LogP contribution in [0.2, 0.25) is 0 Å². The summed E-state index contributed by atoms with van der Waals surface area (Å²) < 4.78 is 0. The number of nitrogens with one attached hydrogen (secondary N) is 2. The van der Waals surface area contributed by atoms with E-state index in [-0.39, 0.29) is 12.2 Å². The molecule has 2 aliphatic heterocycles. The summed E-state index contributed by atoms with van der Waals surface area (Å²) in [5, 5.41) is 5.82. The van der Waals surface area contributed by atoms with Crippen LogP contribution in [0.15, 0.2) is 59.3 Å². The van der Waals surface area contributed by atoms with Crippen molar-refractivity contribution in [1.29, 1.82) is 0 Å². The van der Waals surface area contributed by atoms with E-state index in [2.05, 4.69) is 49.8 Å². The van der Waals surface area contributed by atoms with Gasteiger partial charge in [-0.1, -0.05) is 6.07 Å². The molecule has 0 saturated carbocycles. The molecular weight excluding hydrogens is 330 g/mol. The van der Waals surface area contributed by atoms with Crippen LogP contribution in [-0.4, -0.2) is 39.8 Å². The van der Waals surface area contributed by atoms with Crippen molar-refractivity contribution >= 4 is 22.9 Å². The zero-order chi connectivity index (χ0) is 16.6. The third-order valence-corrected chi connectivity index (χ3v) is 5.85. The van der Waals surface area contributed by atoms with Gasteiger partial charge in [0.25, 0.3) is 0 Å². The largest absolute Gasteiger partial charge is 0.367 e. The standard InChI is InChI=1S/C19H19N5S/c1-4-14-16(13-6-8-20-12-13)22-17(15-5-2-11-25-15)19(24-9-3-10-24)23-18(14)21-7-1/h1-2,4-8,11-12,17,19-20H,3,9-10H2,(H,21,23). The van der Waals surface area contributed by atoms with E-state index in [0.29, 0.717) is 0 Å². The molecule has 1 fully saturated rings. The SMILES string of the molecule is c1csc(C2N=C(c3cc[nH]c3)c3cccnc3NC2N2CCC2)c1. The number of likely N-dealkylation sites (tertiary alicyclic amines) is 1. The molecule has 25 heavy (non-hydrogen) atoms. The topological polar surface area (TPSA) is 56.3 Å². The summed E-state index contributed by atoms with van der Waals surface area (Å²) in [4.78, 5) is 16.8. The van der Waals surface area contributed by atoms with Gasteiger partial charge in [0.2, 0.25) is 0 Å². The van der Waals surface area contributed by atoms with E-state index in [4.69, 9.17) is 4.99 Å². The van der Waals surface area contributed by atoms with E-state index >= 15 is 0 Å². The van der Waals surface area contributed by atoms with Crippen LogP contribution >= 0.6 is 11.3 Å². The third-order valence-electron chi connectivity index (χ3n) is 4.90. The molecule has 2 atom stereocenters. The molecule has 5 heterocycles. The number of aromatic nitrogens is 2. The lowest BCUT2D eigenvalue weighted by Gasteiger charge is -2.40. The molecular formula is C19H19N5S. The third kappa shape index (κ3) is 2.58. The summed E-state index contributed by atoms with van der Waals surface area (Å²) in [5.74, 6) is 0.915. The Morgan fingerprint density at radius 3 is 2.84 bits per heavy atom. The summed E-state index contributed by atoms with van der Waals surface area (Å²) in [7, 11) is 0. The number of thiophene rings is 1. The Kier molecular flexibility index (Phi) is 3.64. The first-order chi connectivity index (χ1) is 12.4. The number of aliphatic imine (C=N–C) groups is 1. The van der Waals surface area contributed by atoms with E-state index in [9.17, 15) is 0 Å². The van der Waals surface area contributed by atoms with E-state index < -0.39 is 0 Å². The van der Waals surface area contributed by atoms with Crippen molar-refractivity contribution in [1.82, 2.24) is 14.9 Å². The average Bonchev–Trinajstić information content (AvgIpc) is 3.26. The second-order valence-corrected chi connectivity index (χ2v) is 7.40. The number of anilines is 1. The minimum Gasteiger partial charge on any atom is -0.367 e. The highest BCUT2D eigenvalue weighted by atomic mass is 32.1. The van der Waals surface area contributed by atoms with Crippen LogP contribution in [0.25, 0.3) is 0 Å². The van der Waals surface area contributed by atoms with Gasteiger partial charge in [0.15, 0.2) is 0 Å². The molecule has 0 aromatic carbocycles. The number of rotatable bonds is 3. The van der Waals surface area contributed by atoms with Gasteiger partial charge in [-0.2, -0.15) is 0 Å². The van der Waals surface area contributed by atoms with Crippen molar-refractivity contribution < 1.29 is 0 Å². The molecule has 3 aromatic rings. The van der Waals surface area contributed by atoms with Gasteiger partial charge >= 0.3 is 0 Å². The molecule has 3 aromatic heterocycles. The van der Waals surface area contributed by atoms with Crippen molar-refractivity contribution in [3.8, 4) is 0 Å². The second kappa shape index (κ2) is 6.13. The Bertz CT molecular complexity index is 880. The predicted octanol–water partition coefficient (Wildman–Crippen LogP) is 3.51. The Morgan fingerprint density at radius 2 is 2.12 bits per heavy atom. The van der Waals surface area contributed by atoms with Gasteiger partial charge in [0.05, 0.1) is 5.71 Å². The molecule has 2 unspecified atom stereocenters. The van der Waals surface area contributed by atoms with Gasteiger partial charge in [-0.3, -0.25) is 9.89 Å². The average molecular weight is 349 g/mol. The number of hydrogen-bond acceptors (Lipinski definition) is 5. The first-order valence-corrected chi connectivity index (χ1v) is 9.48. The summed E-state index contributed by atoms with van der Waals surface area (Å²) in [6.45, 7) is 2.22. The highest BCUT2D eigenvalue weighted by molar-refractivity contribution is 7.10. The first-order valence-electron chi connectivity index (χ1n) is 8.60. The molecule has 5 rings (SSSR count). The van der Waals surface area contributed by atoms with Crippen LogP contribution in [0, 0.1) is 0 Å². The molecule has 5 nitrogen and oxygen atoms in total. The van der Waals surface area contributed by atoms with E-state index in [1.807, 2.05) is 24.7 Å². The highest BCUT2D eigenvalue weighted by Gasteiger charge is 2.36. The Labute approximate surface area is 150 Å². The van der Waals surface area contributed by atoms with Crippen LogP contribution in [0.4, 0.5) is 5.82 Å². The van der Waals surface area contributed by atoms with Gasteiger partial charge in [-0.25, -0.2) is 4.98 Å². The summed E-state index contributed by atoms with van der Waals surface area (Å²) in [6, 6.07) is 10.5. The Morgan fingerprint density at radius 1 is 1.16 bits per heavy atom. The second-order valence-electron chi connectivity index (χ2n) is 6.42. The maximum absolute atomic E-state index is 5.25. The van der Waals surface area contributed by atoms with Gasteiger partial charge < -0.3 is 10.3 Å². The van der Waals surface area contributed by atoms with Gasteiger partial charge in [0, 0.05) is 47.7 Å². The minimum absolute atomic E-state index is 0.0550. The molecule has 2 aliphatic rings. The maximum atomic E-state index is 5.25. The number of nitrogens with zero attached hydrogens (tertiary/aromatic N) is 3. The number of aromatic amines is 1. The van der Waals surface area contributed by atoms with Crippen LogP contribution in [0.5, 0.6) is 0 Å². The molecule has 0 spiro atoms. The fraction of sp³-hybridized carbons (Fsp3) is 0.263. The minimum atomic E-state index is 0.0550. The van der Waals surface area contributed by atoms with Crippen LogP contribution in [0.3, 0.4) is 0 Å².